The van der Waals surface area contributed by atoms with Crippen molar-refractivity contribution in [1.29, 1.82) is 0 Å². The molecule has 0 aliphatic heterocycles. The highest BCUT2D eigenvalue weighted by atomic mass is 16.5. The van der Waals surface area contributed by atoms with Crippen LogP contribution in [0, 0.1) is 20.8 Å². The smallest absolute Gasteiger partial charge is 0.213 e. The lowest BCUT2D eigenvalue weighted by molar-refractivity contribution is 0.139. The van der Waals surface area contributed by atoms with Gasteiger partial charge in [0.2, 0.25) is 5.88 Å². The fraction of sp³-hybridized carbons (Fsp3) is 0.409. The lowest BCUT2D eigenvalue weighted by Gasteiger charge is -2.28. The molecule has 1 fully saturated rings. The van der Waals surface area contributed by atoms with E-state index in [0.29, 0.717) is 5.92 Å². The second-order valence-electron chi connectivity index (χ2n) is 7.47. The number of benzene rings is 1. The first-order chi connectivity index (χ1) is 13.1. The summed E-state index contributed by atoms with van der Waals surface area (Å²) in [4.78, 5) is 4.27. The van der Waals surface area contributed by atoms with Crippen LogP contribution in [0.5, 0.6) is 5.88 Å². The molecular formula is C22H26N4O. The monoisotopic (exact) mass is 362 g/mol. The van der Waals surface area contributed by atoms with Gasteiger partial charge < -0.3 is 4.74 Å². The Morgan fingerprint density at radius 3 is 2.44 bits per heavy atom. The van der Waals surface area contributed by atoms with Gasteiger partial charge in [0, 0.05) is 23.9 Å². The maximum atomic E-state index is 6.03. The summed E-state index contributed by atoms with van der Waals surface area (Å²) in [5, 5.41) is 8.92. The van der Waals surface area contributed by atoms with Gasteiger partial charge in [-0.2, -0.15) is 0 Å². The fourth-order valence-electron chi connectivity index (χ4n) is 3.85. The third-order valence-electron chi connectivity index (χ3n) is 5.56. The largest absolute Gasteiger partial charge is 0.474 e. The van der Waals surface area contributed by atoms with Gasteiger partial charge >= 0.3 is 0 Å². The Balaban J connectivity index is 1.50. The average Bonchev–Trinajstić information content (AvgIpc) is 3.07. The van der Waals surface area contributed by atoms with Crippen molar-refractivity contribution < 1.29 is 4.74 Å². The Labute approximate surface area is 160 Å². The molecule has 2 heterocycles. The molecule has 0 atom stereocenters. The van der Waals surface area contributed by atoms with Crippen LogP contribution in [0.1, 0.15) is 54.4 Å². The molecule has 5 heteroatoms. The van der Waals surface area contributed by atoms with Gasteiger partial charge in [-0.15, -0.1) is 10.2 Å². The summed E-state index contributed by atoms with van der Waals surface area (Å²) in [6.45, 7) is 6.32. The first kappa shape index (κ1) is 17.7. The molecule has 4 rings (SSSR count). The van der Waals surface area contributed by atoms with E-state index in [0.717, 1.165) is 48.9 Å². The summed E-state index contributed by atoms with van der Waals surface area (Å²) >= 11 is 0. The van der Waals surface area contributed by atoms with E-state index in [1.54, 1.807) is 6.20 Å². The maximum Gasteiger partial charge on any atom is 0.213 e. The minimum atomic E-state index is 0.232. The van der Waals surface area contributed by atoms with E-state index < -0.39 is 0 Å². The highest BCUT2D eigenvalue weighted by Crippen LogP contribution is 2.35. The summed E-state index contributed by atoms with van der Waals surface area (Å²) in [5.41, 5.74) is 3.75. The van der Waals surface area contributed by atoms with Crippen LogP contribution in [-0.4, -0.2) is 25.9 Å². The zero-order valence-corrected chi connectivity index (χ0v) is 16.2. The summed E-state index contributed by atoms with van der Waals surface area (Å²) < 4.78 is 8.25. The SMILES string of the molecule is Cc1ccc(-n2c(C)nnc2C2CCC(Oc3ccccn3)CC2)cc1C. The number of ether oxygens (including phenoxy) is 1. The van der Waals surface area contributed by atoms with E-state index in [9.17, 15) is 0 Å². The summed E-state index contributed by atoms with van der Waals surface area (Å²) in [6, 6.07) is 12.4. The second-order valence-corrected chi connectivity index (χ2v) is 7.47. The van der Waals surface area contributed by atoms with Crippen LogP contribution in [-0.2, 0) is 0 Å². The number of rotatable bonds is 4. The Morgan fingerprint density at radius 2 is 1.74 bits per heavy atom. The van der Waals surface area contributed by atoms with Gasteiger partial charge in [0.25, 0.3) is 0 Å². The highest BCUT2D eigenvalue weighted by Gasteiger charge is 2.28. The van der Waals surface area contributed by atoms with Crippen molar-refractivity contribution in [2.75, 3.05) is 0 Å². The Kier molecular flexibility index (Phi) is 4.92. The Morgan fingerprint density at radius 1 is 0.926 bits per heavy atom. The van der Waals surface area contributed by atoms with Gasteiger partial charge in [-0.3, -0.25) is 4.57 Å². The number of aryl methyl sites for hydroxylation is 3. The topological polar surface area (TPSA) is 52.8 Å². The summed E-state index contributed by atoms with van der Waals surface area (Å²) in [7, 11) is 0. The first-order valence-corrected chi connectivity index (χ1v) is 9.69. The number of nitrogens with zero attached hydrogens (tertiary/aromatic N) is 4. The van der Waals surface area contributed by atoms with Crippen molar-refractivity contribution in [1.82, 2.24) is 19.7 Å². The van der Waals surface area contributed by atoms with E-state index in [-0.39, 0.29) is 6.10 Å². The quantitative estimate of drug-likeness (QED) is 0.675. The van der Waals surface area contributed by atoms with Crippen molar-refractivity contribution in [3.8, 4) is 11.6 Å². The Hall–Kier alpha value is -2.69. The minimum Gasteiger partial charge on any atom is -0.474 e. The van der Waals surface area contributed by atoms with Gasteiger partial charge in [0.05, 0.1) is 0 Å². The standard InChI is InChI=1S/C22H26N4O/c1-15-7-10-19(14-16(15)2)26-17(3)24-25-22(26)18-8-11-20(12-9-18)27-21-6-4-5-13-23-21/h4-7,10,13-14,18,20H,8-9,11-12H2,1-3H3. The predicted molar refractivity (Wildman–Crippen MR) is 105 cm³/mol. The van der Waals surface area contributed by atoms with Crippen LogP contribution in [0.2, 0.25) is 0 Å². The van der Waals surface area contributed by atoms with E-state index >= 15 is 0 Å². The third kappa shape index (κ3) is 3.72. The summed E-state index contributed by atoms with van der Waals surface area (Å²) in [6.07, 6.45) is 6.15. The highest BCUT2D eigenvalue weighted by molar-refractivity contribution is 5.41. The molecule has 27 heavy (non-hydrogen) atoms. The van der Waals surface area contributed by atoms with E-state index in [2.05, 4.69) is 51.8 Å². The third-order valence-corrected chi connectivity index (χ3v) is 5.56. The van der Waals surface area contributed by atoms with Crippen LogP contribution >= 0.6 is 0 Å². The minimum absolute atomic E-state index is 0.232. The zero-order valence-electron chi connectivity index (χ0n) is 16.2. The number of hydrogen-bond donors (Lipinski definition) is 0. The van der Waals surface area contributed by atoms with Crippen molar-refractivity contribution in [3.05, 3.63) is 65.4 Å². The van der Waals surface area contributed by atoms with Crippen LogP contribution in [0.25, 0.3) is 5.69 Å². The van der Waals surface area contributed by atoms with Crippen LogP contribution < -0.4 is 4.74 Å². The lowest BCUT2D eigenvalue weighted by Crippen LogP contribution is -2.25. The molecule has 0 saturated heterocycles. The van der Waals surface area contributed by atoms with Gasteiger partial charge in [0.15, 0.2) is 0 Å². The average molecular weight is 362 g/mol. The van der Waals surface area contributed by atoms with Crippen LogP contribution in [0.3, 0.4) is 0 Å². The number of pyridine rings is 1. The molecule has 0 bridgehead atoms. The van der Waals surface area contributed by atoms with Gasteiger partial charge in [-0.05, 0) is 75.8 Å². The van der Waals surface area contributed by atoms with Crippen molar-refractivity contribution in [2.45, 2.75) is 58.5 Å². The summed E-state index contributed by atoms with van der Waals surface area (Å²) in [5.74, 6) is 3.15. The molecule has 0 amide bonds. The van der Waals surface area contributed by atoms with E-state index in [1.807, 2.05) is 25.1 Å². The van der Waals surface area contributed by atoms with Crippen LogP contribution in [0.15, 0.2) is 42.6 Å². The number of hydrogen-bond acceptors (Lipinski definition) is 4. The molecule has 1 saturated carbocycles. The molecule has 1 aliphatic rings. The zero-order chi connectivity index (χ0) is 18.8. The molecule has 1 aromatic carbocycles. The van der Waals surface area contributed by atoms with Crippen molar-refractivity contribution in [2.24, 2.45) is 0 Å². The van der Waals surface area contributed by atoms with Crippen LogP contribution in [0.4, 0.5) is 0 Å². The Bertz CT molecular complexity index is 911. The molecule has 0 N–H and O–H groups in total. The molecule has 0 spiro atoms. The van der Waals surface area contributed by atoms with Crippen molar-refractivity contribution >= 4 is 0 Å². The predicted octanol–water partition coefficient (Wildman–Crippen LogP) is 4.69. The molecule has 140 valence electrons. The maximum absolute atomic E-state index is 6.03. The molecule has 2 aromatic heterocycles. The van der Waals surface area contributed by atoms with E-state index in [4.69, 9.17) is 4.74 Å². The normalized spacial score (nSPS) is 19.8. The molecule has 5 nitrogen and oxygen atoms in total. The van der Waals surface area contributed by atoms with Gasteiger partial charge in [-0.1, -0.05) is 12.1 Å². The van der Waals surface area contributed by atoms with E-state index in [1.165, 1.54) is 11.1 Å². The second kappa shape index (κ2) is 7.51. The first-order valence-electron chi connectivity index (χ1n) is 9.69. The van der Waals surface area contributed by atoms with Crippen molar-refractivity contribution in [3.63, 3.8) is 0 Å². The van der Waals surface area contributed by atoms with Gasteiger partial charge in [0.1, 0.15) is 17.8 Å². The molecule has 0 radical (unpaired) electrons. The molecule has 0 unspecified atom stereocenters. The lowest BCUT2D eigenvalue weighted by atomic mass is 9.86. The fourth-order valence-corrected chi connectivity index (χ4v) is 3.85. The molecule has 3 aromatic rings. The van der Waals surface area contributed by atoms with Gasteiger partial charge in [-0.25, -0.2) is 4.98 Å². The number of aromatic nitrogens is 4. The molecular weight excluding hydrogens is 336 g/mol. The molecule has 1 aliphatic carbocycles.